The average Bonchev–Trinajstić information content (AvgIpc) is 2.79. The normalized spacial score (nSPS) is 55.0. The van der Waals surface area contributed by atoms with Crippen LogP contribution in [0.2, 0.25) is 0 Å². The van der Waals surface area contributed by atoms with Gasteiger partial charge in [-0.1, -0.05) is 32.4 Å². The van der Waals surface area contributed by atoms with E-state index in [0.29, 0.717) is 5.41 Å². The first-order valence-electron chi connectivity index (χ1n) is 9.20. The average molecular weight is 272 g/mol. The molecule has 0 aromatic carbocycles. The molecule has 4 saturated carbocycles. The second-order valence-electron chi connectivity index (χ2n) is 9.21. The van der Waals surface area contributed by atoms with Gasteiger partial charge in [-0.25, -0.2) is 0 Å². The summed E-state index contributed by atoms with van der Waals surface area (Å²) in [6.07, 6.45) is 14.8. The van der Waals surface area contributed by atoms with E-state index in [-0.39, 0.29) is 0 Å². The van der Waals surface area contributed by atoms with Crippen molar-refractivity contribution in [1.82, 2.24) is 0 Å². The van der Waals surface area contributed by atoms with E-state index in [4.69, 9.17) is 0 Å². The van der Waals surface area contributed by atoms with Crippen LogP contribution in [0.5, 0.6) is 0 Å². The smallest absolute Gasteiger partial charge is 0.0229 e. The third kappa shape index (κ3) is 1.72. The standard InChI is InChI=1S/C20H32/c1-14-6-7-15-8-9-16-17-5-4-11-19(17,2)12-10-18(16)20(15,3)13-14/h15-18H,1,4-13H2,2-3H3/t15-,16+,17+,18+,19+,20+/m1/s1. The Hall–Kier alpha value is -0.260. The Morgan fingerprint density at radius 1 is 0.950 bits per heavy atom. The van der Waals surface area contributed by atoms with Gasteiger partial charge in [0.1, 0.15) is 0 Å². The van der Waals surface area contributed by atoms with Crippen LogP contribution in [0.3, 0.4) is 0 Å². The molecule has 0 unspecified atom stereocenters. The SMILES string of the molecule is C=C1CC[C@@H]2CC[C@H]3[C@@H]4CCC[C@@]4(C)CC[C@@H]3[C@@]2(C)C1. The van der Waals surface area contributed by atoms with E-state index in [0.717, 1.165) is 29.1 Å². The minimum atomic E-state index is 0.613. The van der Waals surface area contributed by atoms with Gasteiger partial charge in [0, 0.05) is 0 Å². The Morgan fingerprint density at radius 2 is 1.80 bits per heavy atom. The summed E-state index contributed by atoms with van der Waals surface area (Å²) in [5.74, 6) is 4.16. The highest BCUT2D eigenvalue weighted by Crippen LogP contribution is 2.66. The fraction of sp³-hybridized carbons (Fsp3) is 0.900. The Bertz CT molecular complexity index is 422. The Labute approximate surface area is 125 Å². The fourth-order valence-corrected chi connectivity index (χ4v) is 7.28. The lowest BCUT2D eigenvalue weighted by Gasteiger charge is -2.60. The fourth-order valence-electron chi connectivity index (χ4n) is 7.28. The maximum absolute atomic E-state index is 4.37. The minimum absolute atomic E-state index is 0.613. The first kappa shape index (κ1) is 13.4. The van der Waals surface area contributed by atoms with Gasteiger partial charge < -0.3 is 0 Å². The molecule has 4 aliphatic rings. The van der Waals surface area contributed by atoms with Gasteiger partial charge in [0.15, 0.2) is 0 Å². The van der Waals surface area contributed by atoms with Crippen LogP contribution in [0.25, 0.3) is 0 Å². The zero-order chi connectivity index (χ0) is 14.0. The summed E-state index contributed by atoms with van der Waals surface area (Å²) >= 11 is 0. The van der Waals surface area contributed by atoms with E-state index in [9.17, 15) is 0 Å². The molecule has 0 bridgehead atoms. The molecule has 4 rings (SSSR count). The lowest BCUT2D eigenvalue weighted by Crippen LogP contribution is -2.52. The molecule has 0 nitrogen and oxygen atoms in total. The molecule has 4 aliphatic carbocycles. The lowest BCUT2D eigenvalue weighted by molar-refractivity contribution is -0.0945. The minimum Gasteiger partial charge on any atom is -0.0998 e. The van der Waals surface area contributed by atoms with Crippen molar-refractivity contribution in [2.45, 2.75) is 78.1 Å². The van der Waals surface area contributed by atoms with Gasteiger partial charge in [-0.3, -0.25) is 0 Å². The molecule has 4 fully saturated rings. The summed E-state index contributed by atoms with van der Waals surface area (Å²) in [5.41, 5.74) is 2.89. The molecule has 0 N–H and O–H groups in total. The molecule has 6 atom stereocenters. The van der Waals surface area contributed by atoms with Crippen molar-refractivity contribution in [2.75, 3.05) is 0 Å². The maximum Gasteiger partial charge on any atom is -0.0229 e. The van der Waals surface area contributed by atoms with E-state index in [1.807, 2.05) is 0 Å². The summed E-state index contributed by atoms with van der Waals surface area (Å²) in [4.78, 5) is 0. The predicted octanol–water partition coefficient (Wildman–Crippen LogP) is 5.98. The molecule has 0 saturated heterocycles. The molecular weight excluding hydrogens is 240 g/mol. The van der Waals surface area contributed by atoms with E-state index in [1.165, 1.54) is 51.4 Å². The first-order valence-corrected chi connectivity index (χ1v) is 9.20. The van der Waals surface area contributed by atoms with E-state index in [2.05, 4.69) is 20.4 Å². The maximum atomic E-state index is 4.37. The molecule has 0 aliphatic heterocycles. The highest BCUT2D eigenvalue weighted by atomic mass is 14.6. The van der Waals surface area contributed by atoms with Gasteiger partial charge in [0.05, 0.1) is 0 Å². The molecule has 20 heavy (non-hydrogen) atoms. The zero-order valence-electron chi connectivity index (χ0n) is 13.6. The van der Waals surface area contributed by atoms with Gasteiger partial charge >= 0.3 is 0 Å². The topological polar surface area (TPSA) is 0 Å². The van der Waals surface area contributed by atoms with E-state index >= 15 is 0 Å². The highest BCUT2D eigenvalue weighted by Gasteiger charge is 2.57. The van der Waals surface area contributed by atoms with Crippen molar-refractivity contribution in [3.63, 3.8) is 0 Å². The van der Waals surface area contributed by atoms with Crippen molar-refractivity contribution in [2.24, 2.45) is 34.5 Å². The quantitative estimate of drug-likeness (QED) is 0.476. The molecule has 0 spiro atoms. The zero-order valence-corrected chi connectivity index (χ0v) is 13.6. The highest BCUT2D eigenvalue weighted by molar-refractivity contribution is 5.13. The third-order valence-electron chi connectivity index (χ3n) is 8.32. The number of hydrogen-bond donors (Lipinski definition) is 0. The van der Waals surface area contributed by atoms with Crippen molar-refractivity contribution < 1.29 is 0 Å². The van der Waals surface area contributed by atoms with Crippen LogP contribution >= 0.6 is 0 Å². The van der Waals surface area contributed by atoms with Crippen LogP contribution in [0.1, 0.15) is 78.1 Å². The molecule has 0 radical (unpaired) electrons. The number of fused-ring (bicyclic) bond motifs is 5. The van der Waals surface area contributed by atoms with Gasteiger partial charge in [-0.15, -0.1) is 0 Å². The van der Waals surface area contributed by atoms with Gasteiger partial charge in [-0.2, -0.15) is 0 Å². The Kier molecular flexibility index (Phi) is 2.93. The lowest BCUT2D eigenvalue weighted by atomic mass is 9.45. The molecule has 0 heterocycles. The second-order valence-corrected chi connectivity index (χ2v) is 9.21. The number of allylic oxidation sites excluding steroid dienone is 1. The summed E-state index contributed by atoms with van der Waals surface area (Å²) in [7, 11) is 0. The van der Waals surface area contributed by atoms with Gasteiger partial charge in [0.25, 0.3) is 0 Å². The predicted molar refractivity (Wildman–Crippen MR) is 85.5 cm³/mol. The van der Waals surface area contributed by atoms with Crippen molar-refractivity contribution in [1.29, 1.82) is 0 Å². The van der Waals surface area contributed by atoms with Crippen LogP contribution in [0.15, 0.2) is 12.2 Å². The van der Waals surface area contributed by atoms with Crippen molar-refractivity contribution in [3.05, 3.63) is 12.2 Å². The summed E-state index contributed by atoms with van der Waals surface area (Å²) < 4.78 is 0. The second kappa shape index (κ2) is 4.37. The molecule has 0 amide bonds. The molecule has 112 valence electrons. The molecule has 0 aromatic heterocycles. The summed E-state index contributed by atoms with van der Waals surface area (Å²) in [6, 6.07) is 0. The summed E-state index contributed by atoms with van der Waals surface area (Å²) in [5, 5.41) is 0. The van der Waals surface area contributed by atoms with Crippen molar-refractivity contribution in [3.8, 4) is 0 Å². The monoisotopic (exact) mass is 272 g/mol. The van der Waals surface area contributed by atoms with Gasteiger partial charge in [-0.05, 0) is 92.3 Å². The Morgan fingerprint density at radius 3 is 2.65 bits per heavy atom. The molecular formula is C20H32. The van der Waals surface area contributed by atoms with Crippen LogP contribution in [-0.4, -0.2) is 0 Å². The molecule has 0 aromatic rings. The van der Waals surface area contributed by atoms with Crippen LogP contribution in [-0.2, 0) is 0 Å². The summed E-state index contributed by atoms with van der Waals surface area (Å²) in [6.45, 7) is 9.64. The number of rotatable bonds is 0. The third-order valence-corrected chi connectivity index (χ3v) is 8.32. The van der Waals surface area contributed by atoms with E-state index in [1.54, 1.807) is 18.4 Å². The number of hydrogen-bond acceptors (Lipinski definition) is 0. The first-order chi connectivity index (χ1) is 9.53. The van der Waals surface area contributed by atoms with Gasteiger partial charge in [0.2, 0.25) is 0 Å². The van der Waals surface area contributed by atoms with Crippen LogP contribution < -0.4 is 0 Å². The van der Waals surface area contributed by atoms with Crippen molar-refractivity contribution >= 4 is 0 Å². The largest absolute Gasteiger partial charge is 0.0998 e. The van der Waals surface area contributed by atoms with Crippen LogP contribution in [0, 0.1) is 34.5 Å². The Balaban J connectivity index is 1.66. The van der Waals surface area contributed by atoms with Crippen LogP contribution in [0.4, 0.5) is 0 Å². The van der Waals surface area contributed by atoms with E-state index < -0.39 is 0 Å². The molecule has 0 heteroatoms.